The van der Waals surface area contributed by atoms with Crippen LogP contribution in [0.3, 0.4) is 0 Å². The molecule has 1 unspecified atom stereocenters. The Labute approximate surface area is 184 Å². The maximum atomic E-state index is 13.2. The zero-order chi connectivity index (χ0) is 21.0. The van der Waals surface area contributed by atoms with E-state index in [1.807, 2.05) is 38.4 Å². The second-order valence-corrected chi connectivity index (χ2v) is 8.13. The maximum Gasteiger partial charge on any atom is 0.241 e. The lowest BCUT2D eigenvalue weighted by Gasteiger charge is -2.29. The van der Waals surface area contributed by atoms with Crippen molar-refractivity contribution in [2.45, 2.75) is 45.6 Å². The Kier molecular flexibility index (Phi) is 8.03. The van der Waals surface area contributed by atoms with E-state index in [0.29, 0.717) is 6.54 Å². The van der Waals surface area contributed by atoms with Gasteiger partial charge in [0, 0.05) is 31.0 Å². The van der Waals surface area contributed by atoms with Crippen molar-refractivity contribution in [3.05, 3.63) is 47.3 Å². The van der Waals surface area contributed by atoms with Crippen LogP contribution < -0.4 is 16.0 Å². The second-order valence-electron chi connectivity index (χ2n) is 8.13. The Morgan fingerprint density at radius 2 is 1.90 bits per heavy atom. The van der Waals surface area contributed by atoms with E-state index in [2.05, 4.69) is 28.0 Å². The Hall–Kier alpha value is -2.38. The molecule has 0 aliphatic heterocycles. The predicted molar refractivity (Wildman–Crippen MR) is 121 cm³/mol. The first kappa shape index (κ1) is 23.9. The van der Waals surface area contributed by atoms with Crippen LogP contribution in [-0.4, -0.2) is 35.2 Å². The molecule has 1 fully saturated rings. The number of halogens is 1. The number of benzene rings is 1. The number of hydrogen-bond acceptors (Lipinski definition) is 4. The SMILES string of the molecule is CNC(C(=O)NCC1(C(=O)Nc2ccc(C)c(C)c2)CCCC1)c1cnn(C)c1.Cl. The standard InChI is InChI=1S/C22H31N5O2.ClH/c1-15-7-8-18(11-16(15)2)26-21(29)22(9-5-6-10-22)14-24-20(28)19(23-3)17-12-25-27(4)13-17;/h7-8,11-13,19,23H,5-6,9-10,14H2,1-4H3,(H,24,28)(H,26,29);1H. The van der Waals surface area contributed by atoms with Gasteiger partial charge >= 0.3 is 0 Å². The van der Waals surface area contributed by atoms with Gasteiger partial charge < -0.3 is 16.0 Å². The molecule has 0 saturated heterocycles. The van der Waals surface area contributed by atoms with Gasteiger partial charge in [-0.05, 0) is 57.0 Å². The van der Waals surface area contributed by atoms with Crippen molar-refractivity contribution in [3.63, 3.8) is 0 Å². The van der Waals surface area contributed by atoms with Gasteiger partial charge in [0.15, 0.2) is 0 Å². The summed E-state index contributed by atoms with van der Waals surface area (Å²) in [6, 6.07) is 5.44. The molecule has 1 aromatic carbocycles. The molecule has 1 aromatic heterocycles. The van der Waals surface area contributed by atoms with E-state index in [9.17, 15) is 9.59 Å². The molecular formula is C22H32ClN5O2. The Morgan fingerprint density at radius 3 is 2.47 bits per heavy atom. The number of anilines is 1. The molecule has 1 aliphatic rings. The molecule has 3 N–H and O–H groups in total. The minimum Gasteiger partial charge on any atom is -0.353 e. The minimum atomic E-state index is -0.568. The van der Waals surface area contributed by atoms with Crippen molar-refractivity contribution < 1.29 is 9.59 Å². The fraction of sp³-hybridized carbons (Fsp3) is 0.500. The molecule has 1 heterocycles. The lowest BCUT2D eigenvalue weighted by atomic mass is 9.84. The summed E-state index contributed by atoms with van der Waals surface area (Å²) >= 11 is 0. The van der Waals surface area contributed by atoms with E-state index < -0.39 is 11.5 Å². The summed E-state index contributed by atoms with van der Waals surface area (Å²) in [6.45, 7) is 4.42. The molecule has 30 heavy (non-hydrogen) atoms. The number of hydrogen-bond donors (Lipinski definition) is 3. The number of aryl methyl sites for hydroxylation is 3. The smallest absolute Gasteiger partial charge is 0.241 e. The average molecular weight is 434 g/mol. The first-order valence-electron chi connectivity index (χ1n) is 10.2. The lowest BCUT2D eigenvalue weighted by molar-refractivity contribution is -0.127. The largest absolute Gasteiger partial charge is 0.353 e. The fourth-order valence-corrected chi connectivity index (χ4v) is 4.02. The van der Waals surface area contributed by atoms with E-state index in [1.54, 1.807) is 17.9 Å². The number of carbonyl (C=O) groups is 2. The molecule has 2 aromatic rings. The Morgan fingerprint density at radius 1 is 1.20 bits per heavy atom. The van der Waals surface area contributed by atoms with E-state index in [4.69, 9.17) is 0 Å². The van der Waals surface area contributed by atoms with Gasteiger partial charge in [-0.3, -0.25) is 14.3 Å². The van der Waals surface area contributed by atoms with Gasteiger partial charge in [0.05, 0.1) is 11.6 Å². The van der Waals surface area contributed by atoms with Crippen LogP contribution in [0.15, 0.2) is 30.6 Å². The van der Waals surface area contributed by atoms with E-state index in [0.717, 1.165) is 42.5 Å². The molecular weight excluding hydrogens is 402 g/mol. The van der Waals surface area contributed by atoms with Crippen LogP contribution in [0.4, 0.5) is 5.69 Å². The molecule has 1 aliphatic carbocycles. The van der Waals surface area contributed by atoms with Gasteiger partial charge in [-0.15, -0.1) is 12.4 Å². The molecule has 2 amide bonds. The van der Waals surface area contributed by atoms with Crippen LogP contribution in [-0.2, 0) is 16.6 Å². The van der Waals surface area contributed by atoms with Crippen molar-refractivity contribution >= 4 is 29.9 Å². The van der Waals surface area contributed by atoms with Gasteiger partial charge in [0.2, 0.25) is 11.8 Å². The van der Waals surface area contributed by atoms with Gasteiger partial charge in [0.25, 0.3) is 0 Å². The monoisotopic (exact) mass is 433 g/mol. The fourth-order valence-electron chi connectivity index (χ4n) is 4.02. The quantitative estimate of drug-likeness (QED) is 0.626. The van der Waals surface area contributed by atoms with Crippen LogP contribution >= 0.6 is 12.4 Å². The summed E-state index contributed by atoms with van der Waals surface area (Å²) in [5.74, 6) is -0.160. The molecule has 7 nitrogen and oxygen atoms in total. The highest BCUT2D eigenvalue weighted by Gasteiger charge is 2.41. The summed E-state index contributed by atoms with van der Waals surface area (Å²) in [5.41, 5.74) is 3.37. The second kappa shape index (κ2) is 10.1. The highest BCUT2D eigenvalue weighted by atomic mass is 35.5. The minimum absolute atomic E-state index is 0. The number of likely N-dealkylation sites (N-methyl/N-ethyl adjacent to an activating group) is 1. The Balaban J connectivity index is 0.00000320. The van der Waals surface area contributed by atoms with Crippen LogP contribution in [0.25, 0.3) is 0 Å². The molecule has 1 atom stereocenters. The van der Waals surface area contributed by atoms with Crippen LogP contribution in [0.1, 0.15) is 48.4 Å². The molecule has 0 radical (unpaired) electrons. The first-order valence-corrected chi connectivity index (χ1v) is 10.2. The lowest BCUT2D eigenvalue weighted by Crippen LogP contribution is -2.46. The molecule has 0 bridgehead atoms. The van der Waals surface area contributed by atoms with E-state index in [-0.39, 0.29) is 24.2 Å². The van der Waals surface area contributed by atoms with Crippen molar-refractivity contribution in [3.8, 4) is 0 Å². The van der Waals surface area contributed by atoms with Gasteiger partial charge in [-0.1, -0.05) is 18.9 Å². The molecule has 8 heteroatoms. The number of rotatable bonds is 7. The summed E-state index contributed by atoms with van der Waals surface area (Å²) in [4.78, 5) is 26.0. The van der Waals surface area contributed by atoms with Crippen LogP contribution in [0.2, 0.25) is 0 Å². The topological polar surface area (TPSA) is 88.1 Å². The van der Waals surface area contributed by atoms with Crippen molar-refractivity contribution in [2.75, 3.05) is 18.9 Å². The summed E-state index contributed by atoms with van der Waals surface area (Å²) in [5, 5.41) is 13.3. The molecule has 3 rings (SSSR count). The number of nitrogens with one attached hydrogen (secondary N) is 3. The van der Waals surface area contributed by atoms with Crippen molar-refractivity contribution in [2.24, 2.45) is 12.5 Å². The zero-order valence-corrected chi connectivity index (χ0v) is 18.9. The zero-order valence-electron chi connectivity index (χ0n) is 18.1. The summed E-state index contributed by atoms with van der Waals surface area (Å²) < 4.78 is 1.67. The van der Waals surface area contributed by atoms with Gasteiger partial charge in [-0.2, -0.15) is 5.10 Å². The highest BCUT2D eigenvalue weighted by molar-refractivity contribution is 5.96. The van der Waals surface area contributed by atoms with Gasteiger partial charge in [0.1, 0.15) is 6.04 Å². The Bertz CT molecular complexity index is 889. The molecule has 164 valence electrons. The number of carbonyl (C=O) groups excluding carboxylic acids is 2. The van der Waals surface area contributed by atoms with Crippen LogP contribution in [0, 0.1) is 19.3 Å². The van der Waals surface area contributed by atoms with Crippen molar-refractivity contribution in [1.82, 2.24) is 20.4 Å². The van der Waals surface area contributed by atoms with Gasteiger partial charge in [-0.25, -0.2) is 0 Å². The summed E-state index contributed by atoms with van der Waals surface area (Å²) in [7, 11) is 3.56. The third kappa shape index (κ3) is 5.21. The van der Waals surface area contributed by atoms with Crippen LogP contribution in [0.5, 0.6) is 0 Å². The number of amides is 2. The third-order valence-corrected chi connectivity index (χ3v) is 6.02. The number of nitrogens with zero attached hydrogens (tertiary/aromatic N) is 2. The third-order valence-electron chi connectivity index (χ3n) is 6.02. The number of aromatic nitrogens is 2. The van der Waals surface area contributed by atoms with E-state index >= 15 is 0 Å². The first-order chi connectivity index (χ1) is 13.8. The normalized spacial score (nSPS) is 15.9. The molecule has 1 saturated carbocycles. The highest BCUT2D eigenvalue weighted by Crippen LogP contribution is 2.39. The van der Waals surface area contributed by atoms with E-state index in [1.165, 1.54) is 5.56 Å². The predicted octanol–water partition coefficient (Wildman–Crippen LogP) is 3.03. The van der Waals surface area contributed by atoms with Crippen molar-refractivity contribution in [1.29, 1.82) is 0 Å². The molecule has 0 spiro atoms. The average Bonchev–Trinajstić information content (AvgIpc) is 3.34. The maximum absolute atomic E-state index is 13.2. The summed E-state index contributed by atoms with van der Waals surface area (Å²) in [6.07, 6.45) is 7.04.